The van der Waals surface area contributed by atoms with E-state index in [-0.39, 0.29) is 5.91 Å². The number of nitrogens with two attached hydrogens (primary N) is 1. The molecule has 31 heavy (non-hydrogen) atoms. The predicted molar refractivity (Wildman–Crippen MR) is 127 cm³/mol. The molecule has 0 spiro atoms. The van der Waals surface area contributed by atoms with Gasteiger partial charge in [-0.15, -0.1) is 0 Å². The van der Waals surface area contributed by atoms with Gasteiger partial charge in [-0.05, 0) is 60.5 Å². The van der Waals surface area contributed by atoms with Gasteiger partial charge in [-0.2, -0.15) is 0 Å². The zero-order chi connectivity index (χ0) is 21.6. The molecule has 4 rings (SSSR count). The second-order valence-electron chi connectivity index (χ2n) is 7.50. The Hall–Kier alpha value is -2.99. The number of hydrogen-bond acceptors (Lipinski definition) is 4. The number of rotatable bonds is 8. The molecule has 4 N–H and O–H groups in total. The SMILES string of the molecule is NCCCNCc1ccc(N=C(c2ccccc2)C2C(=O)Nc3cc(Cl)ccc32)cc1. The molecule has 0 saturated carbocycles. The van der Waals surface area contributed by atoms with E-state index in [2.05, 4.69) is 22.8 Å². The molecule has 1 aliphatic rings. The van der Waals surface area contributed by atoms with Crippen LogP contribution in [-0.4, -0.2) is 24.7 Å². The number of halogens is 1. The van der Waals surface area contributed by atoms with Gasteiger partial charge in [0.1, 0.15) is 5.92 Å². The van der Waals surface area contributed by atoms with Crippen LogP contribution in [0.5, 0.6) is 0 Å². The third-order valence-electron chi connectivity index (χ3n) is 5.26. The fraction of sp³-hybridized carbons (Fsp3) is 0.200. The van der Waals surface area contributed by atoms with Crippen LogP contribution in [0.3, 0.4) is 0 Å². The van der Waals surface area contributed by atoms with Crippen molar-refractivity contribution in [3.8, 4) is 0 Å². The maximum atomic E-state index is 12.9. The van der Waals surface area contributed by atoms with Crippen molar-refractivity contribution in [3.05, 3.63) is 94.5 Å². The summed E-state index contributed by atoms with van der Waals surface area (Å²) in [5, 5.41) is 6.91. The summed E-state index contributed by atoms with van der Waals surface area (Å²) in [5.41, 5.74) is 10.8. The summed E-state index contributed by atoms with van der Waals surface area (Å²) >= 11 is 6.12. The monoisotopic (exact) mass is 432 g/mol. The van der Waals surface area contributed by atoms with Gasteiger partial charge in [-0.25, -0.2) is 0 Å². The number of aliphatic imine (C=N–C) groups is 1. The first-order valence-electron chi connectivity index (χ1n) is 10.4. The third-order valence-corrected chi connectivity index (χ3v) is 5.50. The summed E-state index contributed by atoms with van der Waals surface area (Å²) in [6.45, 7) is 2.37. The molecule has 6 heteroatoms. The maximum absolute atomic E-state index is 12.9. The Morgan fingerprint density at radius 1 is 1.06 bits per heavy atom. The highest BCUT2D eigenvalue weighted by Crippen LogP contribution is 2.37. The molecule has 1 unspecified atom stereocenters. The highest BCUT2D eigenvalue weighted by molar-refractivity contribution is 6.31. The minimum absolute atomic E-state index is 0.0967. The molecular weight excluding hydrogens is 408 g/mol. The number of amides is 1. The fourth-order valence-electron chi connectivity index (χ4n) is 3.70. The summed E-state index contributed by atoms with van der Waals surface area (Å²) < 4.78 is 0. The fourth-order valence-corrected chi connectivity index (χ4v) is 3.87. The molecule has 3 aromatic rings. The Morgan fingerprint density at radius 3 is 2.58 bits per heavy atom. The van der Waals surface area contributed by atoms with Gasteiger partial charge < -0.3 is 16.4 Å². The molecule has 0 radical (unpaired) electrons. The number of carbonyl (C=O) groups excluding carboxylic acids is 1. The molecule has 0 saturated heterocycles. The van der Waals surface area contributed by atoms with E-state index in [9.17, 15) is 4.79 Å². The van der Waals surface area contributed by atoms with Gasteiger partial charge in [-0.1, -0.05) is 60.1 Å². The van der Waals surface area contributed by atoms with E-state index in [0.29, 0.717) is 17.3 Å². The van der Waals surface area contributed by atoms with Crippen molar-refractivity contribution in [2.75, 3.05) is 18.4 Å². The van der Waals surface area contributed by atoms with Crippen LogP contribution < -0.4 is 16.4 Å². The molecule has 0 aliphatic carbocycles. The van der Waals surface area contributed by atoms with E-state index in [1.54, 1.807) is 6.07 Å². The van der Waals surface area contributed by atoms with Gasteiger partial charge in [0.2, 0.25) is 5.91 Å². The Labute approximate surface area is 187 Å². The minimum Gasteiger partial charge on any atom is -0.330 e. The number of nitrogens with one attached hydrogen (secondary N) is 2. The number of nitrogens with zero attached hydrogens (tertiary/aromatic N) is 1. The molecular formula is C25H25ClN4O. The topological polar surface area (TPSA) is 79.5 Å². The second kappa shape index (κ2) is 9.88. The summed E-state index contributed by atoms with van der Waals surface area (Å²) in [6, 6.07) is 23.4. The summed E-state index contributed by atoms with van der Waals surface area (Å²) in [7, 11) is 0. The van der Waals surface area contributed by atoms with Crippen molar-refractivity contribution in [2.45, 2.75) is 18.9 Å². The molecule has 1 amide bonds. The Morgan fingerprint density at radius 2 is 1.84 bits per heavy atom. The molecule has 5 nitrogen and oxygen atoms in total. The van der Waals surface area contributed by atoms with Crippen LogP contribution >= 0.6 is 11.6 Å². The highest BCUT2D eigenvalue weighted by atomic mass is 35.5. The van der Waals surface area contributed by atoms with Gasteiger partial charge in [0.25, 0.3) is 0 Å². The first-order chi connectivity index (χ1) is 15.2. The second-order valence-corrected chi connectivity index (χ2v) is 7.94. The van der Waals surface area contributed by atoms with Gasteiger partial charge in [0, 0.05) is 17.3 Å². The third kappa shape index (κ3) is 5.02. The van der Waals surface area contributed by atoms with Crippen molar-refractivity contribution < 1.29 is 4.79 Å². The smallest absolute Gasteiger partial charge is 0.238 e. The van der Waals surface area contributed by atoms with Gasteiger partial charge in [-0.3, -0.25) is 9.79 Å². The summed E-state index contributed by atoms with van der Waals surface area (Å²) in [5.74, 6) is -0.590. The van der Waals surface area contributed by atoms with Crippen molar-refractivity contribution in [2.24, 2.45) is 10.7 Å². The standard InChI is InChI=1S/C25H25ClN4O/c26-19-9-12-21-22(15-19)30-25(31)23(21)24(18-5-2-1-3-6-18)29-20-10-7-17(8-11-20)16-28-14-4-13-27/h1-3,5-12,15,23,28H,4,13-14,16,27H2,(H,30,31). The molecule has 0 bridgehead atoms. The Bertz CT molecular complexity index is 1080. The van der Waals surface area contributed by atoms with Crippen LogP contribution in [0.4, 0.5) is 11.4 Å². The first-order valence-corrected chi connectivity index (χ1v) is 10.8. The van der Waals surface area contributed by atoms with Crippen LogP contribution in [0, 0.1) is 0 Å². The van der Waals surface area contributed by atoms with Crippen LogP contribution in [-0.2, 0) is 11.3 Å². The number of carbonyl (C=O) groups is 1. The van der Waals surface area contributed by atoms with E-state index in [1.807, 2.05) is 54.6 Å². The lowest BCUT2D eigenvalue weighted by atomic mass is 9.90. The largest absolute Gasteiger partial charge is 0.330 e. The van der Waals surface area contributed by atoms with Gasteiger partial charge >= 0.3 is 0 Å². The molecule has 1 heterocycles. The van der Waals surface area contributed by atoms with E-state index in [4.69, 9.17) is 22.3 Å². The lowest BCUT2D eigenvalue weighted by Gasteiger charge is -2.14. The van der Waals surface area contributed by atoms with E-state index >= 15 is 0 Å². The summed E-state index contributed by atoms with van der Waals surface area (Å²) in [4.78, 5) is 17.8. The number of benzene rings is 3. The van der Waals surface area contributed by atoms with Crippen molar-refractivity contribution in [1.82, 2.24) is 5.32 Å². The molecule has 3 aromatic carbocycles. The lowest BCUT2D eigenvalue weighted by Crippen LogP contribution is -2.22. The van der Waals surface area contributed by atoms with Crippen molar-refractivity contribution in [3.63, 3.8) is 0 Å². The molecule has 0 aromatic heterocycles. The van der Waals surface area contributed by atoms with Gasteiger partial charge in [0.15, 0.2) is 0 Å². The molecule has 0 fully saturated rings. The van der Waals surface area contributed by atoms with E-state index < -0.39 is 5.92 Å². The highest BCUT2D eigenvalue weighted by Gasteiger charge is 2.35. The average Bonchev–Trinajstić information content (AvgIpc) is 3.11. The zero-order valence-electron chi connectivity index (χ0n) is 17.1. The van der Waals surface area contributed by atoms with Crippen molar-refractivity contribution in [1.29, 1.82) is 0 Å². The predicted octanol–water partition coefficient (Wildman–Crippen LogP) is 4.64. The zero-order valence-corrected chi connectivity index (χ0v) is 17.9. The van der Waals surface area contributed by atoms with E-state index in [1.165, 1.54) is 5.56 Å². The molecule has 1 atom stereocenters. The quantitative estimate of drug-likeness (QED) is 0.358. The minimum atomic E-state index is -0.493. The maximum Gasteiger partial charge on any atom is 0.238 e. The Balaban J connectivity index is 1.66. The van der Waals surface area contributed by atoms with Crippen LogP contribution in [0.15, 0.2) is 77.8 Å². The van der Waals surface area contributed by atoms with Crippen LogP contribution in [0.1, 0.15) is 29.0 Å². The Kier molecular flexibility index (Phi) is 6.77. The normalized spacial score (nSPS) is 15.6. The van der Waals surface area contributed by atoms with Crippen LogP contribution in [0.25, 0.3) is 0 Å². The first kappa shape index (κ1) is 21.2. The molecule has 158 valence electrons. The van der Waals surface area contributed by atoms with E-state index in [0.717, 1.165) is 42.0 Å². The number of hydrogen-bond donors (Lipinski definition) is 3. The molecule has 1 aliphatic heterocycles. The number of fused-ring (bicyclic) bond motifs is 1. The van der Waals surface area contributed by atoms with Gasteiger partial charge in [0.05, 0.1) is 11.4 Å². The van der Waals surface area contributed by atoms with Crippen LogP contribution in [0.2, 0.25) is 5.02 Å². The van der Waals surface area contributed by atoms with Crippen molar-refractivity contribution >= 4 is 34.6 Å². The summed E-state index contributed by atoms with van der Waals surface area (Å²) in [6.07, 6.45) is 0.957. The average molecular weight is 433 g/mol. The number of anilines is 1. The lowest BCUT2D eigenvalue weighted by molar-refractivity contribution is -0.115.